The molecule has 0 atom stereocenters. The van der Waals surface area contributed by atoms with Gasteiger partial charge in [-0.2, -0.15) is 0 Å². The molecule has 1 aromatic rings. The summed E-state index contributed by atoms with van der Waals surface area (Å²) in [5, 5.41) is 0. The van der Waals surface area contributed by atoms with E-state index in [1.165, 1.54) is 6.07 Å². The van der Waals surface area contributed by atoms with Gasteiger partial charge in [0.2, 0.25) is 0 Å². The van der Waals surface area contributed by atoms with Crippen molar-refractivity contribution in [3.05, 3.63) is 65.5 Å². The number of hydrogen-bond acceptors (Lipinski definition) is 0. The van der Waals surface area contributed by atoms with Crippen LogP contribution < -0.4 is 0 Å². The topological polar surface area (TPSA) is 11.3 Å². The molecule has 0 radical (unpaired) electrons. The minimum Gasteiger partial charge on any atom is -0.258 e. The van der Waals surface area contributed by atoms with Gasteiger partial charge in [0.1, 0.15) is 5.82 Å². The second-order valence-corrected chi connectivity index (χ2v) is 3.86. The van der Waals surface area contributed by atoms with Crippen molar-refractivity contribution in [3.8, 4) is 0 Å². The van der Waals surface area contributed by atoms with Crippen LogP contribution in [0.1, 0.15) is 12.5 Å². The van der Waals surface area contributed by atoms with Gasteiger partial charge in [-0.05, 0) is 47.9 Å². The van der Waals surface area contributed by atoms with Crippen molar-refractivity contribution in [2.24, 2.45) is 0 Å². The quantitative estimate of drug-likeness (QED) is 0.653. The lowest BCUT2D eigenvalue weighted by molar-refractivity contribution is -0.417. The van der Waals surface area contributed by atoms with Crippen LogP contribution in [0.3, 0.4) is 0 Å². The van der Waals surface area contributed by atoms with Crippen LogP contribution in [0.15, 0.2) is 54.1 Å². The standard InChI is InChI=1S/C15H14FO/c1-11(13-4-3-5-14(16)10-13)12-6-8-15(17-2)9-7-12/h3-10H,1-2H3/q+1. The van der Waals surface area contributed by atoms with E-state index >= 15 is 0 Å². The highest BCUT2D eigenvalue weighted by molar-refractivity contribution is 6.02. The molecule has 0 saturated carbocycles. The smallest absolute Gasteiger partial charge is 0.258 e. The Labute approximate surface area is 100 Å². The van der Waals surface area contributed by atoms with Crippen molar-refractivity contribution < 1.29 is 8.82 Å². The molecule has 0 aromatic heterocycles. The molecule has 86 valence electrons. The first-order chi connectivity index (χ1) is 8.20. The highest BCUT2D eigenvalue weighted by Crippen LogP contribution is 2.22. The molecular formula is C15H14FO+. The number of ketones is 1. The fourth-order valence-corrected chi connectivity index (χ4v) is 1.73. The summed E-state index contributed by atoms with van der Waals surface area (Å²) in [6, 6.07) is 6.62. The Hall–Kier alpha value is -1.96. The minimum absolute atomic E-state index is 0.213. The number of halogens is 1. The molecule has 0 unspecified atom stereocenters. The van der Waals surface area contributed by atoms with E-state index in [0.29, 0.717) is 0 Å². The Balaban J connectivity index is 2.38. The Morgan fingerprint density at radius 3 is 2.41 bits per heavy atom. The largest absolute Gasteiger partial charge is 0.343 e. The molecule has 2 rings (SSSR count). The molecule has 1 aromatic carbocycles. The van der Waals surface area contributed by atoms with Gasteiger partial charge in [-0.1, -0.05) is 12.1 Å². The Morgan fingerprint density at radius 1 is 1.12 bits per heavy atom. The third-order valence-corrected chi connectivity index (χ3v) is 2.78. The zero-order valence-corrected chi connectivity index (χ0v) is 9.91. The van der Waals surface area contributed by atoms with Gasteiger partial charge in [-0.15, -0.1) is 0 Å². The predicted octanol–water partition coefficient (Wildman–Crippen LogP) is 3.46. The van der Waals surface area contributed by atoms with Gasteiger partial charge in [-0.3, -0.25) is 4.42 Å². The first-order valence-corrected chi connectivity index (χ1v) is 5.44. The van der Waals surface area contributed by atoms with Crippen LogP contribution in [0.2, 0.25) is 0 Å². The molecule has 0 saturated heterocycles. The molecule has 0 spiro atoms. The molecule has 0 fully saturated rings. The molecule has 1 nitrogen and oxygen atoms in total. The van der Waals surface area contributed by atoms with Crippen molar-refractivity contribution in [3.63, 3.8) is 0 Å². The summed E-state index contributed by atoms with van der Waals surface area (Å²) < 4.78 is 18.2. The molecule has 2 heteroatoms. The SMILES string of the molecule is C[O+]=C1C=CC(=C(C)c2cccc(F)c2)C=C1. The van der Waals surface area contributed by atoms with Crippen LogP contribution in [-0.4, -0.2) is 12.9 Å². The number of benzene rings is 1. The summed E-state index contributed by atoms with van der Waals surface area (Å²) in [7, 11) is 1.64. The molecule has 1 aliphatic rings. The summed E-state index contributed by atoms with van der Waals surface area (Å²) in [6.45, 7) is 1.98. The van der Waals surface area contributed by atoms with E-state index in [9.17, 15) is 4.39 Å². The highest BCUT2D eigenvalue weighted by Gasteiger charge is 2.08. The van der Waals surface area contributed by atoms with Crippen LogP contribution in [0, 0.1) is 5.82 Å². The Kier molecular flexibility index (Phi) is 3.33. The van der Waals surface area contributed by atoms with E-state index in [2.05, 4.69) is 0 Å². The van der Waals surface area contributed by atoms with Crippen LogP contribution in [0.5, 0.6) is 0 Å². The fourth-order valence-electron chi connectivity index (χ4n) is 1.73. The Bertz CT molecular complexity index is 530. The maximum atomic E-state index is 13.1. The highest BCUT2D eigenvalue weighted by atomic mass is 19.1. The minimum atomic E-state index is -0.213. The van der Waals surface area contributed by atoms with Crippen molar-refractivity contribution >= 4 is 11.4 Å². The zero-order chi connectivity index (χ0) is 12.3. The summed E-state index contributed by atoms with van der Waals surface area (Å²) in [5.74, 6) is 0.608. The van der Waals surface area contributed by atoms with Crippen molar-refractivity contribution in [1.82, 2.24) is 0 Å². The number of allylic oxidation sites excluding steroid dienone is 6. The van der Waals surface area contributed by atoms with Crippen molar-refractivity contribution in [1.29, 1.82) is 0 Å². The number of hydrogen-bond donors (Lipinski definition) is 0. The van der Waals surface area contributed by atoms with E-state index in [-0.39, 0.29) is 5.82 Å². The van der Waals surface area contributed by atoms with E-state index in [0.717, 1.165) is 22.5 Å². The fraction of sp³-hybridized carbons (Fsp3) is 0.133. The average Bonchev–Trinajstić information content (AvgIpc) is 2.38. The summed E-state index contributed by atoms with van der Waals surface area (Å²) in [5.41, 5.74) is 3.01. The molecule has 0 amide bonds. The van der Waals surface area contributed by atoms with E-state index < -0.39 is 0 Å². The van der Waals surface area contributed by atoms with Crippen LogP contribution in [-0.2, 0) is 4.42 Å². The summed E-state index contributed by atoms with van der Waals surface area (Å²) in [6.07, 6.45) is 7.74. The van der Waals surface area contributed by atoms with Gasteiger partial charge in [0.15, 0.2) is 0 Å². The van der Waals surface area contributed by atoms with Crippen LogP contribution >= 0.6 is 0 Å². The van der Waals surface area contributed by atoms with Gasteiger partial charge in [0.05, 0.1) is 0 Å². The molecule has 0 aliphatic heterocycles. The van der Waals surface area contributed by atoms with E-state index in [4.69, 9.17) is 4.42 Å². The van der Waals surface area contributed by atoms with Gasteiger partial charge < -0.3 is 0 Å². The normalized spacial score (nSPS) is 14.1. The van der Waals surface area contributed by atoms with Gasteiger partial charge in [0, 0.05) is 12.2 Å². The Morgan fingerprint density at radius 2 is 1.82 bits per heavy atom. The second-order valence-electron chi connectivity index (χ2n) is 3.86. The van der Waals surface area contributed by atoms with Gasteiger partial charge in [-0.25, -0.2) is 4.39 Å². The lowest BCUT2D eigenvalue weighted by atomic mass is 9.98. The monoisotopic (exact) mass is 229 g/mol. The maximum absolute atomic E-state index is 13.1. The average molecular weight is 229 g/mol. The maximum Gasteiger partial charge on any atom is 0.343 e. The van der Waals surface area contributed by atoms with E-state index in [1.54, 1.807) is 19.2 Å². The lowest BCUT2D eigenvalue weighted by Crippen LogP contribution is -1.97. The first-order valence-electron chi connectivity index (χ1n) is 5.44. The van der Waals surface area contributed by atoms with Crippen LogP contribution in [0.4, 0.5) is 4.39 Å². The number of carbonyl (C=O) groups excluding carboxylic acids is 1. The third-order valence-electron chi connectivity index (χ3n) is 2.78. The van der Waals surface area contributed by atoms with Crippen molar-refractivity contribution in [2.45, 2.75) is 6.92 Å². The molecule has 0 bridgehead atoms. The molecule has 0 heterocycles. The van der Waals surface area contributed by atoms with E-state index in [1.807, 2.05) is 37.3 Å². The zero-order valence-electron chi connectivity index (χ0n) is 9.91. The second kappa shape index (κ2) is 4.91. The molecular weight excluding hydrogens is 215 g/mol. The molecule has 0 N–H and O–H groups in total. The van der Waals surface area contributed by atoms with Gasteiger partial charge in [0.25, 0.3) is 7.11 Å². The van der Waals surface area contributed by atoms with Crippen molar-refractivity contribution in [2.75, 3.05) is 7.11 Å². The predicted molar refractivity (Wildman–Crippen MR) is 68.2 cm³/mol. The summed E-state index contributed by atoms with van der Waals surface area (Å²) >= 11 is 0. The van der Waals surface area contributed by atoms with Crippen LogP contribution in [0.25, 0.3) is 5.57 Å². The third kappa shape index (κ3) is 2.59. The molecule has 1 aliphatic carbocycles. The van der Waals surface area contributed by atoms with Gasteiger partial charge >= 0.3 is 5.78 Å². The lowest BCUT2D eigenvalue weighted by Gasteiger charge is -2.06. The summed E-state index contributed by atoms with van der Waals surface area (Å²) in [4.78, 5) is 0. The number of rotatable bonds is 1. The molecule has 17 heavy (non-hydrogen) atoms. The first kappa shape index (κ1) is 11.5.